The number of rotatable bonds is 5. The summed E-state index contributed by atoms with van der Waals surface area (Å²) in [5.41, 5.74) is 6.37. The number of carbonyl (C=O) groups is 1. The summed E-state index contributed by atoms with van der Waals surface area (Å²) in [5.74, 6) is -1.74. The number of halogens is 4. The topological polar surface area (TPSA) is 67.9 Å². The molecule has 2 aromatic carbocycles. The highest BCUT2D eigenvalue weighted by atomic mass is 35.5. The molecule has 0 radical (unpaired) electrons. The molecule has 2 N–H and O–H groups in total. The first-order valence-corrected chi connectivity index (χ1v) is 10.3. The van der Waals surface area contributed by atoms with E-state index in [9.17, 15) is 13.6 Å². The van der Waals surface area contributed by atoms with Crippen LogP contribution < -0.4 is 5.73 Å². The van der Waals surface area contributed by atoms with Crippen LogP contribution in [0.2, 0.25) is 0 Å². The maximum Gasteiger partial charge on any atom is 0.251 e. The third-order valence-electron chi connectivity index (χ3n) is 5.47. The van der Waals surface area contributed by atoms with Crippen LogP contribution in [0.5, 0.6) is 0 Å². The molecule has 1 aliphatic rings. The zero-order valence-corrected chi connectivity index (χ0v) is 21.1. The molecular formula is C24H31Cl2F2N3O2. The van der Waals surface area contributed by atoms with Crippen molar-refractivity contribution in [1.29, 1.82) is 0 Å². The van der Waals surface area contributed by atoms with Crippen molar-refractivity contribution in [2.45, 2.75) is 53.2 Å². The van der Waals surface area contributed by atoms with E-state index in [1.807, 2.05) is 32.0 Å². The van der Waals surface area contributed by atoms with E-state index in [-0.39, 0.29) is 42.2 Å². The second-order valence-corrected chi connectivity index (χ2v) is 8.97. The van der Waals surface area contributed by atoms with Gasteiger partial charge in [0.15, 0.2) is 0 Å². The molecule has 5 nitrogen and oxygen atoms in total. The van der Waals surface area contributed by atoms with Crippen molar-refractivity contribution in [3.05, 3.63) is 70.3 Å². The highest BCUT2D eigenvalue weighted by Gasteiger charge is 2.52. The van der Waals surface area contributed by atoms with E-state index in [0.717, 1.165) is 29.3 Å². The molecule has 1 amide bonds. The van der Waals surface area contributed by atoms with Crippen molar-refractivity contribution in [2.24, 2.45) is 16.3 Å². The van der Waals surface area contributed by atoms with Gasteiger partial charge in [-0.25, -0.2) is 8.78 Å². The summed E-state index contributed by atoms with van der Waals surface area (Å²) in [4.78, 5) is 13.4. The van der Waals surface area contributed by atoms with Crippen molar-refractivity contribution < 1.29 is 18.3 Å². The van der Waals surface area contributed by atoms with Gasteiger partial charge in [-0.1, -0.05) is 32.9 Å². The normalized spacial score (nSPS) is 17.6. The van der Waals surface area contributed by atoms with Crippen LogP contribution in [-0.4, -0.2) is 23.4 Å². The number of ether oxygens (including phenoxy) is 1. The van der Waals surface area contributed by atoms with Crippen molar-refractivity contribution >= 4 is 36.6 Å². The lowest BCUT2D eigenvalue weighted by molar-refractivity contribution is -0.161. The van der Waals surface area contributed by atoms with Crippen molar-refractivity contribution in [3.8, 4) is 0 Å². The molecule has 0 saturated carbocycles. The number of nitrogens with two attached hydrogens (primary N) is 1. The van der Waals surface area contributed by atoms with Crippen LogP contribution in [-0.2, 0) is 15.3 Å². The third-order valence-corrected chi connectivity index (χ3v) is 5.47. The summed E-state index contributed by atoms with van der Waals surface area (Å²) in [7, 11) is 0. The number of nitrogens with zero attached hydrogens (tertiary/aromatic N) is 2. The fourth-order valence-electron chi connectivity index (χ4n) is 3.50. The number of aryl methyl sites for hydroxylation is 2. The molecule has 1 heterocycles. The molecule has 33 heavy (non-hydrogen) atoms. The van der Waals surface area contributed by atoms with Crippen LogP contribution in [0.25, 0.3) is 0 Å². The van der Waals surface area contributed by atoms with E-state index in [4.69, 9.17) is 10.5 Å². The fraction of sp³-hybridized carbons (Fsp3) is 0.417. The van der Waals surface area contributed by atoms with Crippen LogP contribution in [0.3, 0.4) is 0 Å². The summed E-state index contributed by atoms with van der Waals surface area (Å²) in [6, 6.07) is 8.82. The Morgan fingerprint density at radius 2 is 1.76 bits per heavy atom. The molecule has 182 valence electrons. The number of hydrazone groups is 1. The summed E-state index contributed by atoms with van der Waals surface area (Å²) < 4.78 is 34.7. The average molecular weight is 502 g/mol. The van der Waals surface area contributed by atoms with Gasteiger partial charge in [0.25, 0.3) is 5.91 Å². The Bertz CT molecular complexity index is 1040. The maximum atomic E-state index is 14.6. The lowest BCUT2D eigenvalue weighted by Gasteiger charge is -2.38. The van der Waals surface area contributed by atoms with E-state index in [0.29, 0.717) is 24.9 Å². The molecule has 0 aliphatic carbocycles. The van der Waals surface area contributed by atoms with Gasteiger partial charge in [0.05, 0.1) is 5.56 Å². The predicted molar refractivity (Wildman–Crippen MR) is 131 cm³/mol. The Balaban J connectivity index is 0.00000272. The van der Waals surface area contributed by atoms with Gasteiger partial charge >= 0.3 is 0 Å². The van der Waals surface area contributed by atoms with Gasteiger partial charge in [0.2, 0.25) is 11.6 Å². The smallest absolute Gasteiger partial charge is 0.251 e. The Morgan fingerprint density at radius 3 is 2.33 bits per heavy atom. The Kier molecular flexibility index (Phi) is 9.43. The predicted octanol–water partition coefficient (Wildman–Crippen LogP) is 5.58. The molecule has 9 heteroatoms. The number of benzene rings is 2. The number of carbonyl (C=O) groups excluding carboxylic acids is 1. The largest absolute Gasteiger partial charge is 0.443 e. The fourth-order valence-corrected chi connectivity index (χ4v) is 3.50. The molecule has 3 rings (SSSR count). The van der Waals surface area contributed by atoms with Crippen LogP contribution in [0.4, 0.5) is 8.78 Å². The summed E-state index contributed by atoms with van der Waals surface area (Å²) >= 11 is 0. The molecule has 0 fully saturated rings. The Hall–Kier alpha value is -2.22. The van der Waals surface area contributed by atoms with Gasteiger partial charge < -0.3 is 10.5 Å². The lowest BCUT2D eigenvalue weighted by Crippen LogP contribution is -2.49. The van der Waals surface area contributed by atoms with E-state index < -0.39 is 22.8 Å². The molecule has 0 saturated heterocycles. The number of hydrogen-bond donors (Lipinski definition) is 1. The molecule has 1 unspecified atom stereocenters. The monoisotopic (exact) mass is 501 g/mol. The summed E-state index contributed by atoms with van der Waals surface area (Å²) in [6.45, 7) is 9.66. The minimum Gasteiger partial charge on any atom is -0.443 e. The highest BCUT2D eigenvalue weighted by Crippen LogP contribution is 2.43. The summed E-state index contributed by atoms with van der Waals surface area (Å²) in [5, 5.41) is 5.68. The van der Waals surface area contributed by atoms with Gasteiger partial charge in [-0.15, -0.1) is 29.9 Å². The molecule has 0 aromatic heterocycles. The van der Waals surface area contributed by atoms with Gasteiger partial charge in [-0.05, 0) is 62.2 Å². The minimum absolute atomic E-state index is 0. The standard InChI is InChI=1S/C24H29F2N3O2.2ClH/c1-15-7-8-17(13-16(15)2)24(11-6-12-27)29(22(30)23(3,4)5)28-21(31-24)19-14-18(25)9-10-20(19)26;;/h7-10,13-14H,6,11-12,27H2,1-5H3;2*1H. The lowest BCUT2D eigenvalue weighted by atomic mass is 9.89. The second-order valence-electron chi connectivity index (χ2n) is 8.97. The zero-order valence-electron chi connectivity index (χ0n) is 19.4. The molecule has 1 atom stereocenters. The van der Waals surface area contributed by atoms with Crippen LogP contribution in [0.15, 0.2) is 41.5 Å². The Morgan fingerprint density at radius 1 is 1.09 bits per heavy atom. The van der Waals surface area contributed by atoms with Crippen LogP contribution in [0, 0.1) is 30.9 Å². The number of hydrogen-bond acceptors (Lipinski definition) is 4. The van der Waals surface area contributed by atoms with Crippen molar-refractivity contribution in [3.63, 3.8) is 0 Å². The van der Waals surface area contributed by atoms with Crippen LogP contribution in [0.1, 0.15) is 55.9 Å². The summed E-state index contributed by atoms with van der Waals surface area (Å²) in [6.07, 6.45) is 0.882. The average Bonchev–Trinajstić information content (AvgIpc) is 3.09. The highest BCUT2D eigenvalue weighted by molar-refractivity contribution is 5.97. The maximum absolute atomic E-state index is 14.6. The van der Waals surface area contributed by atoms with E-state index in [1.165, 1.54) is 5.01 Å². The third kappa shape index (κ3) is 5.65. The molecule has 0 spiro atoms. The Labute approximate surface area is 206 Å². The first-order valence-electron chi connectivity index (χ1n) is 10.3. The molecular weight excluding hydrogens is 471 g/mol. The number of amides is 1. The minimum atomic E-state index is -1.31. The second kappa shape index (κ2) is 10.8. The van der Waals surface area contributed by atoms with Gasteiger partial charge in [0, 0.05) is 17.4 Å². The first-order chi connectivity index (χ1) is 14.5. The molecule has 0 bridgehead atoms. The van der Waals surface area contributed by atoms with Crippen molar-refractivity contribution in [2.75, 3.05) is 6.54 Å². The molecule has 1 aliphatic heterocycles. The van der Waals surface area contributed by atoms with E-state index in [1.54, 1.807) is 20.8 Å². The van der Waals surface area contributed by atoms with E-state index in [2.05, 4.69) is 5.10 Å². The van der Waals surface area contributed by atoms with Crippen LogP contribution >= 0.6 is 24.8 Å². The first kappa shape index (κ1) is 28.8. The quantitative estimate of drug-likeness (QED) is 0.580. The van der Waals surface area contributed by atoms with Gasteiger partial charge in [0.1, 0.15) is 11.6 Å². The van der Waals surface area contributed by atoms with Crippen molar-refractivity contribution in [1.82, 2.24) is 5.01 Å². The zero-order chi connectivity index (χ0) is 23.0. The van der Waals surface area contributed by atoms with Gasteiger partial charge in [-0.3, -0.25) is 4.79 Å². The molecule has 2 aromatic rings. The van der Waals surface area contributed by atoms with E-state index >= 15 is 0 Å². The van der Waals surface area contributed by atoms with Gasteiger partial charge in [-0.2, -0.15) is 5.01 Å². The SMILES string of the molecule is Cc1ccc(C2(CCCN)OC(c3cc(F)ccc3F)=NN2C(=O)C(C)(C)C)cc1C.Cl.Cl.